The summed E-state index contributed by atoms with van der Waals surface area (Å²) in [5, 5.41) is 14.7. The van der Waals surface area contributed by atoms with Crippen molar-refractivity contribution in [1.29, 1.82) is 5.41 Å². The Morgan fingerprint density at radius 2 is 1.60 bits per heavy atom. The third-order valence-corrected chi connectivity index (χ3v) is 4.48. The van der Waals surface area contributed by atoms with Crippen LogP contribution in [0.5, 0.6) is 0 Å². The van der Waals surface area contributed by atoms with Crippen LogP contribution in [0.3, 0.4) is 0 Å². The molecule has 7 nitrogen and oxygen atoms in total. The number of nitrogen functional groups attached to an aromatic ring is 1. The van der Waals surface area contributed by atoms with Gasteiger partial charge < -0.3 is 10.8 Å². The highest BCUT2D eigenvalue weighted by atomic mass is 32.2. The molecule has 0 aliphatic rings. The van der Waals surface area contributed by atoms with E-state index >= 15 is 0 Å². The summed E-state index contributed by atoms with van der Waals surface area (Å²) < 4.78 is 26.8. The SMILES string of the molecule is CC(=O)O.Cc1ccc(S(=O)(=O)NCc2ccc(C(=N)N)cc2)cc1. The number of aliphatic carboxylic acids is 1. The predicted octanol–water partition coefficient (Wildman–Crippen LogP) is 1.85. The van der Waals surface area contributed by atoms with Crippen LogP contribution in [-0.2, 0) is 21.4 Å². The first kappa shape index (κ1) is 20.3. The molecule has 0 fully saturated rings. The number of benzene rings is 2. The van der Waals surface area contributed by atoms with Gasteiger partial charge in [-0.3, -0.25) is 10.2 Å². The van der Waals surface area contributed by atoms with Gasteiger partial charge >= 0.3 is 0 Å². The highest BCUT2D eigenvalue weighted by molar-refractivity contribution is 7.89. The van der Waals surface area contributed by atoms with Crippen molar-refractivity contribution in [2.75, 3.05) is 0 Å². The lowest BCUT2D eigenvalue weighted by Gasteiger charge is -2.08. The minimum absolute atomic E-state index is 0.0122. The van der Waals surface area contributed by atoms with E-state index in [1.807, 2.05) is 6.92 Å². The number of sulfonamides is 1. The third kappa shape index (κ3) is 7.15. The number of carboxylic acid groups (broad SMARTS) is 1. The summed E-state index contributed by atoms with van der Waals surface area (Å²) in [6, 6.07) is 13.6. The standard InChI is InChI=1S/C15H17N3O2S.C2H4O2/c1-11-2-8-14(9-3-11)21(19,20)18-10-12-4-6-13(7-5-12)15(16)17;1-2(3)4/h2-9,18H,10H2,1H3,(H3,16,17);1H3,(H,3,4). The summed E-state index contributed by atoms with van der Waals surface area (Å²) in [6.45, 7) is 3.18. The fourth-order valence-electron chi connectivity index (χ4n) is 1.78. The highest BCUT2D eigenvalue weighted by Crippen LogP contribution is 2.11. The Morgan fingerprint density at radius 1 is 1.12 bits per heavy atom. The van der Waals surface area contributed by atoms with Crippen LogP contribution in [0, 0.1) is 12.3 Å². The van der Waals surface area contributed by atoms with E-state index in [0.717, 1.165) is 18.1 Å². The van der Waals surface area contributed by atoms with Crippen molar-refractivity contribution >= 4 is 21.8 Å². The van der Waals surface area contributed by atoms with Gasteiger partial charge in [0.15, 0.2) is 0 Å². The molecular formula is C17H21N3O4S. The lowest BCUT2D eigenvalue weighted by atomic mass is 10.1. The second-order valence-electron chi connectivity index (χ2n) is 5.27. The van der Waals surface area contributed by atoms with Crippen LogP contribution in [-0.4, -0.2) is 25.3 Å². The smallest absolute Gasteiger partial charge is 0.300 e. The second-order valence-corrected chi connectivity index (χ2v) is 7.03. The van der Waals surface area contributed by atoms with E-state index in [4.69, 9.17) is 21.0 Å². The molecule has 0 spiro atoms. The van der Waals surface area contributed by atoms with Crippen molar-refractivity contribution in [2.45, 2.75) is 25.3 Å². The molecule has 0 aliphatic carbocycles. The van der Waals surface area contributed by atoms with Gasteiger partial charge in [0.05, 0.1) is 4.90 Å². The monoisotopic (exact) mass is 363 g/mol. The molecule has 0 aromatic heterocycles. The Balaban J connectivity index is 0.000000705. The van der Waals surface area contributed by atoms with E-state index < -0.39 is 16.0 Å². The van der Waals surface area contributed by atoms with E-state index in [-0.39, 0.29) is 17.3 Å². The van der Waals surface area contributed by atoms with Crippen molar-refractivity contribution in [3.8, 4) is 0 Å². The Hall–Kier alpha value is -2.71. The van der Waals surface area contributed by atoms with Crippen LogP contribution in [0.2, 0.25) is 0 Å². The molecule has 0 saturated carbocycles. The van der Waals surface area contributed by atoms with E-state index in [9.17, 15) is 8.42 Å². The van der Waals surface area contributed by atoms with Crippen LogP contribution >= 0.6 is 0 Å². The van der Waals surface area contributed by atoms with Gasteiger partial charge in [-0.05, 0) is 24.6 Å². The van der Waals surface area contributed by atoms with Crippen molar-refractivity contribution in [3.05, 3.63) is 65.2 Å². The topological polar surface area (TPSA) is 133 Å². The summed E-state index contributed by atoms with van der Waals surface area (Å²) in [7, 11) is -3.52. The normalized spacial score (nSPS) is 10.5. The number of hydrogen-bond acceptors (Lipinski definition) is 4. The minimum Gasteiger partial charge on any atom is -0.481 e. The van der Waals surface area contributed by atoms with Crippen molar-refractivity contribution in [3.63, 3.8) is 0 Å². The fourth-order valence-corrected chi connectivity index (χ4v) is 2.80. The first-order valence-electron chi connectivity index (χ1n) is 7.31. The van der Waals surface area contributed by atoms with E-state index in [0.29, 0.717) is 5.56 Å². The number of carbonyl (C=O) groups is 1. The Kier molecular flexibility index (Phi) is 7.28. The summed E-state index contributed by atoms with van der Waals surface area (Å²) in [5.41, 5.74) is 7.79. The maximum atomic E-state index is 12.1. The van der Waals surface area contributed by atoms with Gasteiger partial charge in [-0.15, -0.1) is 0 Å². The predicted molar refractivity (Wildman–Crippen MR) is 96.0 cm³/mol. The van der Waals surface area contributed by atoms with Gasteiger partial charge in [0.25, 0.3) is 5.97 Å². The number of hydrogen-bond donors (Lipinski definition) is 4. The van der Waals surface area contributed by atoms with Crippen LogP contribution in [0.25, 0.3) is 0 Å². The Labute approximate surface area is 147 Å². The molecule has 0 unspecified atom stereocenters. The van der Waals surface area contributed by atoms with Gasteiger partial charge in [-0.25, -0.2) is 13.1 Å². The van der Waals surface area contributed by atoms with Crippen molar-refractivity contribution in [1.82, 2.24) is 4.72 Å². The van der Waals surface area contributed by atoms with Crippen LogP contribution in [0.1, 0.15) is 23.6 Å². The molecule has 0 bridgehead atoms. The molecular weight excluding hydrogens is 342 g/mol. The minimum atomic E-state index is -3.52. The Morgan fingerprint density at radius 3 is 2.04 bits per heavy atom. The molecule has 0 heterocycles. The lowest BCUT2D eigenvalue weighted by Crippen LogP contribution is -2.23. The summed E-state index contributed by atoms with van der Waals surface area (Å²) in [4.78, 5) is 9.24. The Bertz CT molecular complexity index is 825. The van der Waals surface area contributed by atoms with Crippen molar-refractivity contribution in [2.24, 2.45) is 5.73 Å². The summed E-state index contributed by atoms with van der Waals surface area (Å²) >= 11 is 0. The largest absolute Gasteiger partial charge is 0.481 e. The molecule has 0 amide bonds. The molecule has 25 heavy (non-hydrogen) atoms. The number of aryl methyl sites for hydroxylation is 1. The second kappa shape index (κ2) is 8.95. The molecule has 2 aromatic carbocycles. The number of nitrogens with one attached hydrogen (secondary N) is 2. The van der Waals surface area contributed by atoms with Gasteiger partial charge in [0.1, 0.15) is 5.84 Å². The molecule has 8 heteroatoms. The molecule has 0 saturated heterocycles. The molecule has 0 radical (unpaired) electrons. The van der Waals surface area contributed by atoms with Gasteiger partial charge in [-0.1, -0.05) is 42.0 Å². The maximum Gasteiger partial charge on any atom is 0.300 e. The zero-order valence-electron chi connectivity index (χ0n) is 14.0. The number of rotatable bonds is 5. The molecule has 5 N–H and O–H groups in total. The van der Waals surface area contributed by atoms with Crippen molar-refractivity contribution < 1.29 is 18.3 Å². The van der Waals surface area contributed by atoms with Gasteiger partial charge in [0, 0.05) is 19.0 Å². The highest BCUT2D eigenvalue weighted by Gasteiger charge is 2.13. The number of nitrogens with two attached hydrogens (primary N) is 1. The average molecular weight is 363 g/mol. The van der Waals surface area contributed by atoms with E-state index in [1.165, 1.54) is 0 Å². The lowest BCUT2D eigenvalue weighted by molar-refractivity contribution is -0.134. The molecule has 0 atom stereocenters. The molecule has 2 aromatic rings. The number of amidine groups is 1. The van der Waals surface area contributed by atoms with Gasteiger partial charge in [-0.2, -0.15) is 0 Å². The quantitative estimate of drug-likeness (QED) is 0.475. The fraction of sp³-hybridized carbons (Fsp3) is 0.176. The van der Waals surface area contributed by atoms with E-state index in [1.54, 1.807) is 48.5 Å². The average Bonchev–Trinajstić information content (AvgIpc) is 2.53. The molecule has 134 valence electrons. The van der Waals surface area contributed by atoms with Crippen LogP contribution < -0.4 is 10.5 Å². The first-order valence-corrected chi connectivity index (χ1v) is 8.79. The van der Waals surface area contributed by atoms with Crippen LogP contribution in [0.15, 0.2) is 53.4 Å². The first-order chi connectivity index (χ1) is 11.6. The zero-order chi connectivity index (χ0) is 19.0. The third-order valence-electron chi connectivity index (χ3n) is 3.06. The van der Waals surface area contributed by atoms with Crippen LogP contribution in [0.4, 0.5) is 0 Å². The molecule has 2 rings (SSSR count). The number of carboxylic acids is 1. The molecule has 0 aliphatic heterocycles. The summed E-state index contributed by atoms with van der Waals surface area (Å²) in [5.74, 6) is -0.846. The van der Waals surface area contributed by atoms with E-state index in [2.05, 4.69) is 4.72 Å². The maximum absolute atomic E-state index is 12.1. The zero-order valence-corrected chi connectivity index (χ0v) is 14.8. The van der Waals surface area contributed by atoms with Gasteiger partial charge in [0.2, 0.25) is 10.0 Å². The summed E-state index contributed by atoms with van der Waals surface area (Å²) in [6.07, 6.45) is 0.